The fourth-order valence-corrected chi connectivity index (χ4v) is 3.75. The van der Waals surface area contributed by atoms with Crippen LogP contribution in [0.5, 0.6) is 11.5 Å². The van der Waals surface area contributed by atoms with E-state index < -0.39 is 15.6 Å². The smallest absolute Gasteiger partial charge is 0.508 e. The van der Waals surface area contributed by atoms with Gasteiger partial charge in [0.2, 0.25) is 0 Å². The zero-order chi connectivity index (χ0) is 15.5. The minimum atomic E-state index is -5.70. The lowest BCUT2D eigenvalue weighted by Gasteiger charge is -2.40. The zero-order valence-electron chi connectivity index (χ0n) is 10.9. The lowest BCUT2D eigenvalue weighted by Crippen LogP contribution is -2.33. The number of phenols is 1. The average Bonchev–Trinajstić information content (AvgIpc) is 2.72. The molecule has 21 heavy (non-hydrogen) atoms. The van der Waals surface area contributed by atoms with E-state index in [1.807, 2.05) is 0 Å². The highest BCUT2D eigenvalue weighted by Gasteiger charge is 2.51. The van der Waals surface area contributed by atoms with Crippen LogP contribution in [0.2, 0.25) is 0 Å². The van der Waals surface area contributed by atoms with Gasteiger partial charge in [0.05, 0.1) is 0 Å². The van der Waals surface area contributed by atoms with E-state index in [0.717, 1.165) is 25.3 Å². The van der Waals surface area contributed by atoms with Crippen LogP contribution in [-0.4, -0.2) is 19.0 Å². The van der Waals surface area contributed by atoms with Gasteiger partial charge >= 0.3 is 15.6 Å². The van der Waals surface area contributed by atoms with Crippen LogP contribution in [-0.2, 0) is 22.0 Å². The summed E-state index contributed by atoms with van der Waals surface area (Å²) in [6.07, 6.45) is 3.69. The maximum atomic E-state index is 12.5. The lowest BCUT2D eigenvalue weighted by molar-refractivity contribution is -0.0500. The Balaban J connectivity index is 2.08. The van der Waals surface area contributed by atoms with Gasteiger partial charge in [0.25, 0.3) is 0 Å². The van der Waals surface area contributed by atoms with Crippen LogP contribution >= 0.6 is 0 Å². The number of phenolic OH excluding ortho intramolecular Hbond substituents is 1. The molecule has 1 N–H and O–H groups in total. The predicted molar refractivity (Wildman–Crippen MR) is 67.6 cm³/mol. The number of fused-ring (bicyclic) bond motifs is 2. The Labute approximate surface area is 119 Å². The zero-order valence-corrected chi connectivity index (χ0v) is 11.7. The molecular formula is C13H13F3O4S. The Morgan fingerprint density at radius 3 is 2.38 bits per heavy atom. The van der Waals surface area contributed by atoms with Crippen molar-refractivity contribution in [1.29, 1.82) is 0 Å². The summed E-state index contributed by atoms with van der Waals surface area (Å²) >= 11 is 0. The van der Waals surface area contributed by atoms with Gasteiger partial charge in [-0.05, 0) is 43.2 Å². The van der Waals surface area contributed by atoms with Crippen LogP contribution < -0.4 is 4.18 Å². The van der Waals surface area contributed by atoms with Gasteiger partial charge in [-0.1, -0.05) is 6.42 Å². The van der Waals surface area contributed by atoms with E-state index in [1.165, 1.54) is 6.07 Å². The molecule has 0 amide bonds. The predicted octanol–water partition coefficient (Wildman–Crippen LogP) is 2.99. The van der Waals surface area contributed by atoms with Crippen LogP contribution in [0.15, 0.2) is 12.1 Å². The molecule has 1 aromatic carbocycles. The van der Waals surface area contributed by atoms with Crippen molar-refractivity contribution in [3.05, 3.63) is 23.3 Å². The van der Waals surface area contributed by atoms with Gasteiger partial charge in [0.15, 0.2) is 0 Å². The second-order valence-electron chi connectivity index (χ2n) is 5.55. The number of alkyl halides is 3. The molecule has 4 nitrogen and oxygen atoms in total. The molecule has 0 radical (unpaired) electrons. The normalized spacial score (nSPS) is 20.1. The fraction of sp³-hybridized carbons (Fsp3) is 0.538. The van der Waals surface area contributed by atoms with Crippen molar-refractivity contribution in [3.8, 4) is 11.5 Å². The molecule has 1 fully saturated rings. The third-order valence-corrected chi connectivity index (χ3v) is 5.39. The van der Waals surface area contributed by atoms with Gasteiger partial charge < -0.3 is 9.29 Å². The average molecular weight is 322 g/mol. The highest BCUT2D eigenvalue weighted by atomic mass is 32.2. The first-order valence-electron chi connectivity index (χ1n) is 6.52. The molecule has 0 unspecified atom stereocenters. The second kappa shape index (κ2) is 4.28. The molecule has 0 bridgehead atoms. The fourth-order valence-electron chi connectivity index (χ4n) is 3.28. The van der Waals surface area contributed by atoms with Crippen molar-refractivity contribution in [3.63, 3.8) is 0 Å². The molecule has 1 aromatic rings. The van der Waals surface area contributed by atoms with E-state index >= 15 is 0 Å². The molecule has 8 heteroatoms. The van der Waals surface area contributed by atoms with Gasteiger partial charge in [-0.15, -0.1) is 0 Å². The van der Waals surface area contributed by atoms with E-state index in [1.54, 1.807) is 0 Å². The van der Waals surface area contributed by atoms with Gasteiger partial charge in [-0.3, -0.25) is 0 Å². The minimum Gasteiger partial charge on any atom is -0.508 e. The van der Waals surface area contributed by atoms with Crippen molar-refractivity contribution in [2.45, 2.75) is 43.0 Å². The van der Waals surface area contributed by atoms with Crippen molar-refractivity contribution >= 4 is 10.1 Å². The van der Waals surface area contributed by atoms with E-state index in [9.17, 15) is 26.7 Å². The summed E-state index contributed by atoms with van der Waals surface area (Å²) in [5.74, 6) is -0.331. The number of halogens is 3. The molecule has 0 aromatic heterocycles. The quantitative estimate of drug-likeness (QED) is 0.671. The van der Waals surface area contributed by atoms with E-state index in [2.05, 4.69) is 4.18 Å². The summed E-state index contributed by atoms with van der Waals surface area (Å²) in [5, 5.41) is 9.84. The largest absolute Gasteiger partial charge is 0.534 e. The second-order valence-corrected chi connectivity index (χ2v) is 7.09. The molecule has 2 aliphatic rings. The van der Waals surface area contributed by atoms with Gasteiger partial charge in [-0.25, -0.2) is 0 Å². The standard InChI is InChI=1S/C13H13F3O4S/c14-13(15,16)21(18,19)20-10-3-2-9(17)8-4-7-12(11(8)10)5-1-6-12/h2-3,17H,1,4-7H2. The monoisotopic (exact) mass is 322 g/mol. The first-order valence-corrected chi connectivity index (χ1v) is 7.93. The Kier molecular flexibility index (Phi) is 2.96. The van der Waals surface area contributed by atoms with Crippen molar-refractivity contribution in [2.24, 2.45) is 0 Å². The summed E-state index contributed by atoms with van der Waals surface area (Å²) in [6.45, 7) is 0. The molecule has 3 rings (SSSR count). The Hall–Kier alpha value is -1.44. The summed E-state index contributed by atoms with van der Waals surface area (Å²) in [4.78, 5) is 0. The van der Waals surface area contributed by atoms with E-state index in [4.69, 9.17) is 0 Å². The first kappa shape index (κ1) is 14.5. The maximum absolute atomic E-state index is 12.5. The molecule has 1 spiro atoms. The van der Waals surface area contributed by atoms with Crippen LogP contribution in [0.25, 0.3) is 0 Å². The molecule has 0 heterocycles. The molecule has 2 aliphatic carbocycles. The molecule has 116 valence electrons. The third-order valence-electron chi connectivity index (χ3n) is 4.43. The summed E-state index contributed by atoms with van der Waals surface area (Å²) in [5.41, 5.74) is -4.88. The first-order chi connectivity index (χ1) is 9.66. The molecule has 0 atom stereocenters. The molecular weight excluding hydrogens is 309 g/mol. The SMILES string of the molecule is O=S(=O)(Oc1ccc(O)c2c1C1(CCC1)CC2)C(F)(F)F. The molecule has 0 aliphatic heterocycles. The van der Waals surface area contributed by atoms with E-state index in [-0.39, 0.29) is 16.9 Å². The van der Waals surface area contributed by atoms with Crippen LogP contribution in [0.4, 0.5) is 13.2 Å². The molecule has 1 saturated carbocycles. The van der Waals surface area contributed by atoms with Crippen molar-refractivity contribution in [1.82, 2.24) is 0 Å². The van der Waals surface area contributed by atoms with Crippen molar-refractivity contribution < 1.29 is 30.9 Å². The van der Waals surface area contributed by atoms with Crippen molar-refractivity contribution in [2.75, 3.05) is 0 Å². The Bertz CT molecular complexity index is 690. The Morgan fingerprint density at radius 2 is 1.86 bits per heavy atom. The maximum Gasteiger partial charge on any atom is 0.534 e. The number of aromatic hydroxyl groups is 1. The third kappa shape index (κ3) is 2.07. The number of rotatable bonds is 2. The number of hydrogen-bond donors (Lipinski definition) is 1. The highest BCUT2D eigenvalue weighted by Crippen LogP contribution is 2.57. The number of hydrogen-bond acceptors (Lipinski definition) is 4. The summed E-state index contributed by atoms with van der Waals surface area (Å²) in [6, 6.07) is 2.28. The lowest BCUT2D eigenvalue weighted by atomic mass is 9.65. The highest BCUT2D eigenvalue weighted by molar-refractivity contribution is 7.88. The van der Waals surface area contributed by atoms with E-state index in [0.29, 0.717) is 24.0 Å². The minimum absolute atomic E-state index is 0.0227. The van der Waals surface area contributed by atoms with Gasteiger partial charge in [-0.2, -0.15) is 21.6 Å². The topological polar surface area (TPSA) is 63.6 Å². The van der Waals surface area contributed by atoms with Gasteiger partial charge in [0.1, 0.15) is 11.5 Å². The van der Waals surface area contributed by atoms with Crippen LogP contribution in [0.1, 0.15) is 36.8 Å². The Morgan fingerprint density at radius 1 is 1.19 bits per heavy atom. The van der Waals surface area contributed by atoms with Crippen LogP contribution in [0, 0.1) is 0 Å². The van der Waals surface area contributed by atoms with Gasteiger partial charge in [0, 0.05) is 11.1 Å². The summed E-state index contributed by atoms with van der Waals surface area (Å²) < 4.78 is 64.2. The number of benzene rings is 1. The summed E-state index contributed by atoms with van der Waals surface area (Å²) in [7, 11) is -5.70. The molecule has 0 saturated heterocycles. The van der Waals surface area contributed by atoms with Crippen LogP contribution in [0.3, 0.4) is 0 Å².